The van der Waals surface area contributed by atoms with E-state index in [0.717, 1.165) is 0 Å². The van der Waals surface area contributed by atoms with Crippen LogP contribution in [-0.2, 0) is 6.54 Å². The predicted octanol–water partition coefficient (Wildman–Crippen LogP) is 1.26. The van der Waals surface area contributed by atoms with Crippen LogP contribution < -0.4 is 0 Å². The van der Waals surface area contributed by atoms with Gasteiger partial charge in [-0.1, -0.05) is 5.16 Å². The lowest BCUT2D eigenvalue weighted by atomic mass is 10.2. The van der Waals surface area contributed by atoms with E-state index >= 15 is 0 Å². The summed E-state index contributed by atoms with van der Waals surface area (Å²) in [5.74, 6) is 0.498. The molecular weight excluding hydrogens is 232 g/mol. The van der Waals surface area contributed by atoms with E-state index in [9.17, 15) is 4.79 Å². The van der Waals surface area contributed by atoms with Crippen molar-refractivity contribution in [2.24, 2.45) is 0 Å². The number of nitrogens with zero attached hydrogens (tertiary/aromatic N) is 4. The first-order valence-electron chi connectivity index (χ1n) is 5.73. The van der Waals surface area contributed by atoms with Gasteiger partial charge in [0.15, 0.2) is 0 Å². The summed E-state index contributed by atoms with van der Waals surface area (Å²) in [6.45, 7) is 4.84. The number of rotatable bonds is 4. The van der Waals surface area contributed by atoms with Crippen LogP contribution in [0.1, 0.15) is 21.8 Å². The smallest absolute Gasteiger partial charge is 0.259 e. The summed E-state index contributed by atoms with van der Waals surface area (Å²) >= 11 is 0. The average molecular weight is 248 g/mol. The zero-order valence-corrected chi connectivity index (χ0v) is 10.8. The highest BCUT2D eigenvalue weighted by atomic mass is 16.5. The highest BCUT2D eigenvalue weighted by Gasteiger charge is 2.20. The minimum Gasteiger partial charge on any atom is -0.361 e. The Balaban J connectivity index is 2.01. The maximum atomic E-state index is 12.2. The second kappa shape index (κ2) is 5.03. The zero-order valence-electron chi connectivity index (χ0n) is 10.8. The number of carbonyl (C=O) groups excluding carboxylic acids is 1. The molecule has 18 heavy (non-hydrogen) atoms. The summed E-state index contributed by atoms with van der Waals surface area (Å²) in [7, 11) is 1.77. The second-order valence-electron chi connectivity index (χ2n) is 4.23. The molecule has 0 radical (unpaired) electrons. The molecule has 1 amide bonds. The molecule has 0 aliphatic rings. The van der Waals surface area contributed by atoms with E-state index in [1.807, 2.05) is 10.8 Å². The first-order chi connectivity index (χ1) is 8.59. The molecule has 2 aromatic heterocycles. The molecule has 0 atom stereocenters. The van der Waals surface area contributed by atoms with Crippen molar-refractivity contribution >= 4 is 5.91 Å². The van der Waals surface area contributed by atoms with E-state index in [4.69, 9.17) is 4.52 Å². The lowest BCUT2D eigenvalue weighted by Gasteiger charge is -2.17. The highest BCUT2D eigenvalue weighted by molar-refractivity contribution is 5.95. The average Bonchev–Trinajstić information content (AvgIpc) is 2.96. The van der Waals surface area contributed by atoms with Gasteiger partial charge in [0.25, 0.3) is 5.91 Å². The van der Waals surface area contributed by atoms with Gasteiger partial charge in [-0.2, -0.15) is 0 Å². The summed E-state index contributed by atoms with van der Waals surface area (Å²) in [4.78, 5) is 17.8. The molecule has 0 fully saturated rings. The van der Waals surface area contributed by atoms with Crippen molar-refractivity contribution in [3.05, 3.63) is 35.7 Å². The lowest BCUT2D eigenvalue weighted by molar-refractivity contribution is 0.0788. The van der Waals surface area contributed by atoms with E-state index in [2.05, 4.69) is 10.1 Å². The summed E-state index contributed by atoms with van der Waals surface area (Å²) in [6, 6.07) is 0. The Hall–Kier alpha value is -2.11. The molecule has 2 aromatic rings. The monoisotopic (exact) mass is 248 g/mol. The van der Waals surface area contributed by atoms with E-state index in [0.29, 0.717) is 30.1 Å². The van der Waals surface area contributed by atoms with Crippen molar-refractivity contribution in [2.45, 2.75) is 20.4 Å². The number of aryl methyl sites for hydroxylation is 2. The van der Waals surface area contributed by atoms with Crippen LogP contribution in [0.3, 0.4) is 0 Å². The van der Waals surface area contributed by atoms with Gasteiger partial charge in [-0.15, -0.1) is 0 Å². The van der Waals surface area contributed by atoms with Crippen LogP contribution in [-0.4, -0.2) is 39.1 Å². The molecule has 6 heteroatoms. The normalized spacial score (nSPS) is 10.6. The molecule has 6 nitrogen and oxygen atoms in total. The van der Waals surface area contributed by atoms with Crippen LogP contribution in [0.15, 0.2) is 23.2 Å². The van der Waals surface area contributed by atoms with Crippen LogP contribution in [0, 0.1) is 13.8 Å². The number of carbonyl (C=O) groups is 1. The highest BCUT2D eigenvalue weighted by Crippen LogP contribution is 2.14. The van der Waals surface area contributed by atoms with Gasteiger partial charge in [-0.05, 0) is 13.8 Å². The summed E-state index contributed by atoms with van der Waals surface area (Å²) in [6.07, 6.45) is 5.32. The van der Waals surface area contributed by atoms with Crippen molar-refractivity contribution in [3.63, 3.8) is 0 Å². The third-order valence-corrected chi connectivity index (χ3v) is 2.85. The Kier molecular flexibility index (Phi) is 3.45. The summed E-state index contributed by atoms with van der Waals surface area (Å²) in [5.41, 5.74) is 1.19. The Morgan fingerprint density at radius 2 is 2.28 bits per heavy atom. The number of hydrogen-bond donors (Lipinski definition) is 0. The third kappa shape index (κ3) is 2.42. The number of imidazole rings is 1. The van der Waals surface area contributed by atoms with Gasteiger partial charge < -0.3 is 14.0 Å². The van der Waals surface area contributed by atoms with Gasteiger partial charge in [0, 0.05) is 32.5 Å². The van der Waals surface area contributed by atoms with Gasteiger partial charge in [-0.25, -0.2) is 4.98 Å². The maximum Gasteiger partial charge on any atom is 0.259 e. The van der Waals surface area contributed by atoms with Gasteiger partial charge in [0.2, 0.25) is 0 Å². The van der Waals surface area contributed by atoms with E-state index in [-0.39, 0.29) is 5.91 Å². The molecule has 0 spiro atoms. The largest absolute Gasteiger partial charge is 0.361 e. The molecule has 0 saturated heterocycles. The molecule has 0 N–H and O–H groups in total. The molecule has 0 bridgehead atoms. The van der Waals surface area contributed by atoms with Crippen molar-refractivity contribution < 1.29 is 9.32 Å². The first kappa shape index (κ1) is 12.3. The second-order valence-corrected chi connectivity index (χ2v) is 4.23. The molecule has 0 aliphatic carbocycles. The Bertz CT molecular complexity index is 511. The minimum absolute atomic E-state index is 0.0636. The molecule has 2 heterocycles. The van der Waals surface area contributed by atoms with Crippen molar-refractivity contribution in [3.8, 4) is 0 Å². The Morgan fingerprint density at radius 1 is 1.50 bits per heavy atom. The fourth-order valence-electron chi connectivity index (χ4n) is 1.77. The van der Waals surface area contributed by atoms with Gasteiger partial charge in [0.05, 0.1) is 12.0 Å². The number of aromatic nitrogens is 3. The van der Waals surface area contributed by atoms with E-state index < -0.39 is 0 Å². The van der Waals surface area contributed by atoms with Crippen molar-refractivity contribution in [2.75, 3.05) is 13.6 Å². The minimum atomic E-state index is -0.0636. The lowest BCUT2D eigenvalue weighted by Crippen LogP contribution is -2.30. The van der Waals surface area contributed by atoms with Crippen molar-refractivity contribution in [1.82, 2.24) is 19.6 Å². The number of likely N-dealkylation sites (N-methyl/N-ethyl adjacent to an activating group) is 1. The molecule has 0 unspecified atom stereocenters. The zero-order chi connectivity index (χ0) is 13.1. The quantitative estimate of drug-likeness (QED) is 0.817. The summed E-state index contributed by atoms with van der Waals surface area (Å²) < 4.78 is 6.93. The van der Waals surface area contributed by atoms with Crippen molar-refractivity contribution in [1.29, 1.82) is 0 Å². The SMILES string of the molecule is Cc1noc(C)c1C(=O)N(C)CCn1ccnc1. The van der Waals surface area contributed by atoms with Crippen LogP contribution in [0.5, 0.6) is 0 Å². The standard InChI is InChI=1S/C12H16N4O2/c1-9-11(10(2)18-14-9)12(17)15(3)6-7-16-5-4-13-8-16/h4-5,8H,6-7H2,1-3H3. The Labute approximate surface area is 105 Å². The Morgan fingerprint density at radius 3 is 2.83 bits per heavy atom. The fraction of sp³-hybridized carbons (Fsp3) is 0.417. The molecule has 0 aliphatic heterocycles. The van der Waals surface area contributed by atoms with Gasteiger partial charge in [0.1, 0.15) is 11.3 Å². The van der Waals surface area contributed by atoms with Crippen LogP contribution >= 0.6 is 0 Å². The number of hydrogen-bond acceptors (Lipinski definition) is 4. The van der Waals surface area contributed by atoms with Gasteiger partial charge in [-0.3, -0.25) is 4.79 Å². The van der Waals surface area contributed by atoms with E-state index in [1.165, 1.54) is 0 Å². The van der Waals surface area contributed by atoms with Crippen LogP contribution in [0.4, 0.5) is 0 Å². The van der Waals surface area contributed by atoms with Gasteiger partial charge >= 0.3 is 0 Å². The first-order valence-corrected chi connectivity index (χ1v) is 5.73. The predicted molar refractivity (Wildman–Crippen MR) is 65.2 cm³/mol. The topological polar surface area (TPSA) is 64.2 Å². The molecular formula is C12H16N4O2. The molecule has 2 rings (SSSR count). The molecule has 96 valence electrons. The maximum absolute atomic E-state index is 12.2. The molecule has 0 aromatic carbocycles. The third-order valence-electron chi connectivity index (χ3n) is 2.85. The fourth-order valence-corrected chi connectivity index (χ4v) is 1.77. The summed E-state index contributed by atoms with van der Waals surface area (Å²) in [5, 5.41) is 3.79. The number of amides is 1. The molecule has 0 saturated carbocycles. The van der Waals surface area contributed by atoms with Crippen LogP contribution in [0.25, 0.3) is 0 Å². The van der Waals surface area contributed by atoms with E-state index in [1.54, 1.807) is 38.3 Å². The van der Waals surface area contributed by atoms with Crippen LogP contribution in [0.2, 0.25) is 0 Å².